The molecule has 6 heteroatoms. The minimum Gasteiger partial charge on any atom is -0.459 e. The number of carbonyl (C=O) groups is 2. The Labute approximate surface area is 128 Å². The number of anilines is 1. The first-order chi connectivity index (χ1) is 10.6. The van der Waals surface area contributed by atoms with Crippen LogP contribution in [0.2, 0.25) is 0 Å². The average molecular weight is 301 g/mol. The van der Waals surface area contributed by atoms with Gasteiger partial charge in [-0.05, 0) is 30.2 Å². The standard InChI is InChI=1S/C16H19N3O3/c1-11(2)14(17-15(20)13-9-6-10-22-13)16(21)19-18-12-7-4-3-5-8-12/h3-11,14,18H,1-2H3,(H,17,20)(H,19,21). The zero-order chi connectivity index (χ0) is 15.9. The van der Waals surface area contributed by atoms with E-state index in [4.69, 9.17) is 4.42 Å². The molecular formula is C16H19N3O3. The lowest BCUT2D eigenvalue weighted by atomic mass is 10.0. The lowest BCUT2D eigenvalue weighted by molar-refractivity contribution is -0.123. The second-order valence-corrected chi connectivity index (χ2v) is 5.15. The zero-order valence-electron chi connectivity index (χ0n) is 12.5. The van der Waals surface area contributed by atoms with Gasteiger partial charge in [-0.25, -0.2) is 0 Å². The molecular weight excluding hydrogens is 282 g/mol. The zero-order valence-corrected chi connectivity index (χ0v) is 12.5. The minimum absolute atomic E-state index is 0.0727. The SMILES string of the molecule is CC(C)C(NC(=O)c1ccco1)C(=O)NNc1ccccc1. The number of nitrogens with one attached hydrogen (secondary N) is 3. The molecule has 1 aromatic carbocycles. The summed E-state index contributed by atoms with van der Waals surface area (Å²) in [6.45, 7) is 3.71. The fourth-order valence-electron chi connectivity index (χ4n) is 1.89. The van der Waals surface area contributed by atoms with E-state index in [-0.39, 0.29) is 17.6 Å². The van der Waals surface area contributed by atoms with E-state index in [0.717, 1.165) is 5.69 Å². The molecule has 2 rings (SSSR count). The fraction of sp³-hybridized carbons (Fsp3) is 0.250. The van der Waals surface area contributed by atoms with Crippen LogP contribution < -0.4 is 16.2 Å². The number of hydrazine groups is 1. The maximum absolute atomic E-state index is 12.2. The van der Waals surface area contributed by atoms with Gasteiger partial charge in [-0.1, -0.05) is 32.0 Å². The van der Waals surface area contributed by atoms with Gasteiger partial charge in [-0.3, -0.25) is 20.4 Å². The molecule has 0 aliphatic heterocycles. The molecule has 0 aliphatic rings. The highest BCUT2D eigenvalue weighted by atomic mass is 16.3. The summed E-state index contributed by atoms with van der Waals surface area (Å²) < 4.78 is 5.03. The number of rotatable bonds is 6. The highest BCUT2D eigenvalue weighted by molar-refractivity contribution is 5.95. The normalized spacial score (nSPS) is 11.8. The Hall–Kier alpha value is -2.76. The van der Waals surface area contributed by atoms with E-state index in [0.29, 0.717) is 0 Å². The summed E-state index contributed by atoms with van der Waals surface area (Å²) in [4.78, 5) is 24.2. The van der Waals surface area contributed by atoms with E-state index in [1.54, 1.807) is 12.1 Å². The van der Waals surface area contributed by atoms with Crippen LogP contribution in [0.4, 0.5) is 5.69 Å². The van der Waals surface area contributed by atoms with Gasteiger partial charge >= 0.3 is 0 Å². The predicted octanol–water partition coefficient (Wildman–Crippen LogP) is 2.18. The van der Waals surface area contributed by atoms with Gasteiger partial charge in [0.1, 0.15) is 6.04 Å². The molecule has 1 aromatic heterocycles. The van der Waals surface area contributed by atoms with Crippen molar-refractivity contribution in [3.63, 3.8) is 0 Å². The number of furan rings is 1. The summed E-state index contributed by atoms with van der Waals surface area (Å²) in [5, 5.41) is 2.67. The number of amides is 2. The van der Waals surface area contributed by atoms with E-state index in [9.17, 15) is 9.59 Å². The van der Waals surface area contributed by atoms with Gasteiger partial charge in [0.2, 0.25) is 0 Å². The van der Waals surface area contributed by atoms with Crippen molar-refractivity contribution in [3.05, 3.63) is 54.5 Å². The Kier molecular flexibility index (Phi) is 5.19. The highest BCUT2D eigenvalue weighted by Gasteiger charge is 2.25. The van der Waals surface area contributed by atoms with Crippen molar-refractivity contribution in [1.82, 2.24) is 10.7 Å². The Morgan fingerprint density at radius 2 is 1.77 bits per heavy atom. The molecule has 22 heavy (non-hydrogen) atoms. The molecule has 1 heterocycles. The van der Waals surface area contributed by atoms with Crippen molar-refractivity contribution in [2.75, 3.05) is 5.43 Å². The Bertz CT molecular complexity index is 609. The van der Waals surface area contributed by atoms with Crippen LogP contribution in [0.25, 0.3) is 0 Å². The Morgan fingerprint density at radius 1 is 1.05 bits per heavy atom. The van der Waals surface area contributed by atoms with Crippen molar-refractivity contribution in [2.45, 2.75) is 19.9 Å². The predicted molar refractivity (Wildman–Crippen MR) is 83.0 cm³/mol. The third-order valence-corrected chi connectivity index (χ3v) is 3.08. The number of hydrogen-bond donors (Lipinski definition) is 3. The molecule has 0 bridgehead atoms. The molecule has 2 amide bonds. The van der Waals surface area contributed by atoms with Crippen molar-refractivity contribution in [2.24, 2.45) is 5.92 Å². The number of benzene rings is 1. The van der Waals surface area contributed by atoms with Gasteiger partial charge in [-0.2, -0.15) is 0 Å². The molecule has 6 nitrogen and oxygen atoms in total. The van der Waals surface area contributed by atoms with E-state index in [1.807, 2.05) is 44.2 Å². The van der Waals surface area contributed by atoms with E-state index in [2.05, 4.69) is 16.2 Å². The lowest BCUT2D eigenvalue weighted by Crippen LogP contribution is -2.51. The van der Waals surface area contributed by atoms with Crippen molar-refractivity contribution in [1.29, 1.82) is 0 Å². The quantitative estimate of drug-likeness (QED) is 0.714. The van der Waals surface area contributed by atoms with Crippen molar-refractivity contribution < 1.29 is 14.0 Å². The van der Waals surface area contributed by atoms with Gasteiger partial charge in [0, 0.05) is 0 Å². The van der Waals surface area contributed by atoms with Gasteiger partial charge in [-0.15, -0.1) is 0 Å². The second kappa shape index (κ2) is 7.31. The summed E-state index contributed by atoms with van der Waals surface area (Å²) in [5.74, 6) is -0.636. The fourth-order valence-corrected chi connectivity index (χ4v) is 1.89. The molecule has 0 aliphatic carbocycles. The first kappa shape index (κ1) is 15.6. The summed E-state index contributed by atoms with van der Waals surface area (Å²) >= 11 is 0. The van der Waals surface area contributed by atoms with E-state index in [1.165, 1.54) is 6.26 Å². The Morgan fingerprint density at radius 3 is 2.36 bits per heavy atom. The first-order valence-electron chi connectivity index (χ1n) is 7.03. The van der Waals surface area contributed by atoms with Crippen LogP contribution in [0, 0.1) is 5.92 Å². The topological polar surface area (TPSA) is 83.4 Å². The molecule has 0 radical (unpaired) electrons. The summed E-state index contributed by atoms with van der Waals surface area (Å²) in [7, 11) is 0. The van der Waals surface area contributed by atoms with Gasteiger partial charge in [0.05, 0.1) is 12.0 Å². The van der Waals surface area contributed by atoms with E-state index < -0.39 is 11.9 Å². The van der Waals surface area contributed by atoms with Crippen LogP contribution in [0.1, 0.15) is 24.4 Å². The summed E-state index contributed by atoms with van der Waals surface area (Å²) in [5.41, 5.74) is 6.17. The smallest absolute Gasteiger partial charge is 0.287 e. The first-order valence-corrected chi connectivity index (χ1v) is 7.03. The third-order valence-electron chi connectivity index (χ3n) is 3.08. The van der Waals surface area contributed by atoms with Crippen LogP contribution in [0.3, 0.4) is 0 Å². The second-order valence-electron chi connectivity index (χ2n) is 5.15. The van der Waals surface area contributed by atoms with Crippen LogP contribution in [0.15, 0.2) is 53.1 Å². The molecule has 1 atom stereocenters. The number of hydrogen-bond acceptors (Lipinski definition) is 4. The number of carbonyl (C=O) groups excluding carboxylic acids is 2. The van der Waals surface area contributed by atoms with Gasteiger partial charge < -0.3 is 9.73 Å². The summed E-state index contributed by atoms with van der Waals surface area (Å²) in [6, 6.07) is 11.7. The van der Waals surface area contributed by atoms with Crippen molar-refractivity contribution >= 4 is 17.5 Å². The molecule has 0 fully saturated rings. The lowest BCUT2D eigenvalue weighted by Gasteiger charge is -2.21. The molecule has 116 valence electrons. The largest absolute Gasteiger partial charge is 0.459 e. The molecule has 2 aromatic rings. The maximum Gasteiger partial charge on any atom is 0.287 e. The molecule has 0 saturated heterocycles. The maximum atomic E-state index is 12.2. The highest BCUT2D eigenvalue weighted by Crippen LogP contribution is 2.07. The van der Waals surface area contributed by atoms with Gasteiger partial charge in [0.15, 0.2) is 5.76 Å². The van der Waals surface area contributed by atoms with Gasteiger partial charge in [0.25, 0.3) is 11.8 Å². The van der Waals surface area contributed by atoms with Crippen LogP contribution >= 0.6 is 0 Å². The van der Waals surface area contributed by atoms with Crippen LogP contribution in [-0.2, 0) is 4.79 Å². The average Bonchev–Trinajstić information content (AvgIpc) is 3.05. The van der Waals surface area contributed by atoms with Crippen LogP contribution in [0.5, 0.6) is 0 Å². The van der Waals surface area contributed by atoms with Crippen LogP contribution in [-0.4, -0.2) is 17.9 Å². The molecule has 0 spiro atoms. The molecule has 1 unspecified atom stereocenters. The summed E-state index contributed by atoms with van der Waals surface area (Å²) in [6.07, 6.45) is 1.41. The monoisotopic (exact) mass is 301 g/mol. The third kappa shape index (κ3) is 4.12. The molecule has 3 N–H and O–H groups in total. The number of para-hydroxylation sites is 1. The van der Waals surface area contributed by atoms with E-state index >= 15 is 0 Å². The Balaban J connectivity index is 1.95. The minimum atomic E-state index is -0.672. The van der Waals surface area contributed by atoms with Crippen molar-refractivity contribution in [3.8, 4) is 0 Å². The molecule has 0 saturated carbocycles.